The van der Waals surface area contributed by atoms with E-state index < -0.39 is 7.26 Å². The lowest BCUT2D eigenvalue weighted by atomic mass is 10.1. The van der Waals surface area contributed by atoms with Gasteiger partial charge in [-0.05, 0) is 88.4 Å². The first kappa shape index (κ1) is 35.8. The van der Waals surface area contributed by atoms with Crippen molar-refractivity contribution in [1.82, 2.24) is 9.97 Å². The third kappa shape index (κ3) is 8.06. The van der Waals surface area contributed by atoms with Crippen molar-refractivity contribution in [2.75, 3.05) is 0 Å². The van der Waals surface area contributed by atoms with Crippen LogP contribution >= 0.6 is 18.9 Å². The summed E-state index contributed by atoms with van der Waals surface area (Å²) in [6.07, 6.45) is 0.812. The number of oxazole rings is 2. The number of aryl methyl sites for hydroxylation is 4. The Morgan fingerprint density at radius 3 is 1.18 bits per heavy atom. The van der Waals surface area contributed by atoms with E-state index in [0.717, 1.165) is 40.2 Å². The van der Waals surface area contributed by atoms with E-state index in [-0.39, 0.29) is 12.4 Å². The van der Waals surface area contributed by atoms with Crippen LogP contribution in [0.5, 0.6) is 0 Å². The molecule has 7 heteroatoms. The molecule has 0 saturated carbocycles. The molecule has 0 bridgehead atoms. The zero-order valence-electron chi connectivity index (χ0n) is 28.1. The molecular weight excluding hydrogens is 666 g/mol. The van der Waals surface area contributed by atoms with Crippen molar-refractivity contribution in [2.45, 2.75) is 39.7 Å². The average Bonchev–Trinajstić information content (AvgIpc) is 3.70. The van der Waals surface area contributed by atoms with Gasteiger partial charge in [-0.2, -0.15) is 0 Å². The van der Waals surface area contributed by atoms with Gasteiger partial charge in [-0.1, -0.05) is 90.0 Å². The van der Waals surface area contributed by atoms with Crippen molar-refractivity contribution in [3.63, 3.8) is 0 Å². The number of rotatable bonds is 8. The van der Waals surface area contributed by atoms with Crippen LogP contribution in [0.25, 0.3) is 22.9 Å². The van der Waals surface area contributed by atoms with E-state index in [4.69, 9.17) is 25.4 Å². The quantitative estimate of drug-likeness (QED) is 0.125. The lowest BCUT2D eigenvalue weighted by Crippen LogP contribution is -3.00. The number of nitrogens with zero attached hydrogens (tertiary/aromatic N) is 2. The molecule has 2 heterocycles. The van der Waals surface area contributed by atoms with E-state index in [0.29, 0.717) is 17.7 Å². The summed E-state index contributed by atoms with van der Waals surface area (Å²) >= 11 is 5.74. The van der Waals surface area contributed by atoms with E-state index in [2.05, 4.69) is 134 Å². The summed E-state index contributed by atoms with van der Waals surface area (Å²) < 4.78 is 11.7. The van der Waals surface area contributed by atoms with Crippen LogP contribution in [0.3, 0.4) is 0 Å². The smallest absolute Gasteiger partial charge is 0.226 e. The van der Waals surface area contributed by atoms with Gasteiger partial charge in [-0.25, -0.2) is 9.97 Å². The standard InChI is InChI=1S/C30H27NOP.C12H12ClNO.ClH/c1-23-18-20-25(21-19-23)30-31-29(24(2)32-30)22-33(26-12-6-3-7-13-26,27-14-8-4-9-15-27)28-16-10-5-11-17-28;1-8-3-5-10(6-4-8)12-14-11(7-13)9(2)15-12;/h3-21H,22H2,1-2H3;3-6H,7H2,1-2H3;1H/q+1;;/p-1. The maximum atomic E-state index is 6.20. The van der Waals surface area contributed by atoms with Crippen molar-refractivity contribution in [1.29, 1.82) is 0 Å². The van der Waals surface area contributed by atoms with Crippen molar-refractivity contribution in [3.8, 4) is 22.9 Å². The largest absolute Gasteiger partial charge is 1.00 e. The Hall–Kier alpha value is -4.47. The highest BCUT2D eigenvalue weighted by Crippen LogP contribution is 2.58. The molecular formula is C42H39Cl2N2O2P. The average molecular weight is 706 g/mol. The topological polar surface area (TPSA) is 52.1 Å². The van der Waals surface area contributed by atoms with E-state index in [1.807, 2.05) is 38.1 Å². The van der Waals surface area contributed by atoms with E-state index >= 15 is 0 Å². The highest BCUT2D eigenvalue weighted by atomic mass is 35.5. The number of halogens is 2. The molecule has 2 aromatic heterocycles. The van der Waals surface area contributed by atoms with Gasteiger partial charge in [-0.15, -0.1) is 11.6 Å². The Labute approximate surface area is 301 Å². The van der Waals surface area contributed by atoms with Gasteiger partial charge in [0.15, 0.2) is 0 Å². The molecule has 7 aromatic rings. The maximum absolute atomic E-state index is 6.20. The molecule has 0 saturated heterocycles. The molecule has 0 aliphatic carbocycles. The molecule has 248 valence electrons. The van der Waals surface area contributed by atoms with Crippen LogP contribution in [0, 0.1) is 27.7 Å². The minimum atomic E-state index is -2.01. The Morgan fingerprint density at radius 2 is 0.837 bits per heavy atom. The molecule has 0 amide bonds. The van der Waals surface area contributed by atoms with Gasteiger partial charge in [0.05, 0.1) is 11.6 Å². The molecule has 7 rings (SSSR count). The number of aromatic nitrogens is 2. The molecule has 5 aromatic carbocycles. The van der Waals surface area contributed by atoms with Crippen LogP contribution in [-0.4, -0.2) is 9.97 Å². The molecule has 0 radical (unpaired) electrons. The minimum Gasteiger partial charge on any atom is -1.00 e. The number of hydrogen-bond donors (Lipinski definition) is 0. The van der Waals surface area contributed by atoms with Gasteiger partial charge in [0.1, 0.15) is 46.6 Å². The van der Waals surface area contributed by atoms with Gasteiger partial charge >= 0.3 is 0 Å². The fourth-order valence-corrected chi connectivity index (χ4v) is 10.2. The number of alkyl halides is 1. The van der Waals surface area contributed by atoms with Crippen molar-refractivity contribution in [2.24, 2.45) is 0 Å². The molecule has 0 atom stereocenters. The molecule has 0 spiro atoms. The highest BCUT2D eigenvalue weighted by molar-refractivity contribution is 7.95. The molecule has 0 aliphatic heterocycles. The summed E-state index contributed by atoms with van der Waals surface area (Å²) in [6.45, 7) is 8.06. The van der Waals surface area contributed by atoms with E-state index in [1.165, 1.54) is 27.0 Å². The summed E-state index contributed by atoms with van der Waals surface area (Å²) in [5.74, 6) is 3.40. The molecule has 0 fully saturated rings. The number of hydrogen-bond acceptors (Lipinski definition) is 4. The molecule has 0 aliphatic rings. The third-order valence-electron chi connectivity index (χ3n) is 8.49. The summed E-state index contributed by atoms with van der Waals surface area (Å²) in [5, 5.41) is 4.05. The maximum Gasteiger partial charge on any atom is 0.226 e. The highest BCUT2D eigenvalue weighted by Gasteiger charge is 2.46. The van der Waals surface area contributed by atoms with Crippen molar-refractivity contribution < 1.29 is 21.2 Å². The van der Waals surface area contributed by atoms with Crippen LogP contribution in [0.2, 0.25) is 0 Å². The minimum absolute atomic E-state index is 0. The van der Waals surface area contributed by atoms with Crippen LogP contribution in [0.1, 0.15) is 34.0 Å². The molecule has 0 unspecified atom stereocenters. The molecule has 4 nitrogen and oxygen atoms in total. The van der Waals surface area contributed by atoms with Crippen LogP contribution in [0.4, 0.5) is 0 Å². The number of benzene rings is 5. The zero-order valence-corrected chi connectivity index (χ0v) is 30.5. The lowest BCUT2D eigenvalue weighted by Gasteiger charge is -2.27. The van der Waals surface area contributed by atoms with Gasteiger partial charge in [0.25, 0.3) is 0 Å². The SMILES string of the molecule is Cc1ccc(-c2nc(CCl)c(C)o2)cc1.Cc1ccc(-c2nc(C[P+](c3ccccc3)(c3ccccc3)c3ccccc3)c(C)o2)cc1.[Cl-]. The Balaban J connectivity index is 0.000000246. The zero-order chi connectivity index (χ0) is 33.5. The molecule has 0 N–H and O–H groups in total. The Bertz CT molecular complexity index is 1960. The predicted octanol–water partition coefficient (Wildman–Crippen LogP) is 7.15. The van der Waals surface area contributed by atoms with Gasteiger partial charge in [0, 0.05) is 11.1 Å². The Morgan fingerprint density at radius 1 is 0.490 bits per heavy atom. The fourth-order valence-electron chi connectivity index (χ4n) is 5.76. The predicted molar refractivity (Wildman–Crippen MR) is 201 cm³/mol. The normalized spacial score (nSPS) is 11.0. The van der Waals surface area contributed by atoms with Gasteiger partial charge < -0.3 is 21.2 Å². The fraction of sp³-hybridized carbons (Fsp3) is 0.143. The summed E-state index contributed by atoms with van der Waals surface area (Å²) in [4.78, 5) is 9.36. The summed E-state index contributed by atoms with van der Waals surface area (Å²) in [6, 6.07) is 49.2. The lowest BCUT2D eigenvalue weighted by molar-refractivity contribution is -0.0000110. The summed E-state index contributed by atoms with van der Waals surface area (Å²) in [5.41, 5.74) is 6.28. The van der Waals surface area contributed by atoms with Gasteiger partial charge in [-0.3, -0.25) is 0 Å². The third-order valence-corrected chi connectivity index (χ3v) is 13.1. The van der Waals surface area contributed by atoms with Crippen LogP contribution < -0.4 is 28.3 Å². The van der Waals surface area contributed by atoms with Crippen molar-refractivity contribution in [3.05, 3.63) is 174 Å². The first-order valence-electron chi connectivity index (χ1n) is 16.0. The second-order valence-corrected chi connectivity index (χ2v) is 15.6. The van der Waals surface area contributed by atoms with Crippen LogP contribution in [0.15, 0.2) is 148 Å². The monoisotopic (exact) mass is 704 g/mol. The summed E-state index contributed by atoms with van der Waals surface area (Å²) in [7, 11) is -2.01. The van der Waals surface area contributed by atoms with Crippen molar-refractivity contribution >= 4 is 34.8 Å². The Kier molecular flexibility index (Phi) is 11.9. The van der Waals surface area contributed by atoms with E-state index in [9.17, 15) is 0 Å². The first-order chi connectivity index (χ1) is 23.4. The molecule has 49 heavy (non-hydrogen) atoms. The second kappa shape index (κ2) is 16.3. The van der Waals surface area contributed by atoms with E-state index in [1.54, 1.807) is 0 Å². The first-order valence-corrected chi connectivity index (χ1v) is 18.6. The second-order valence-electron chi connectivity index (χ2n) is 11.9. The van der Waals surface area contributed by atoms with Crippen LogP contribution in [-0.2, 0) is 12.0 Å². The van der Waals surface area contributed by atoms with Gasteiger partial charge in [0.2, 0.25) is 11.8 Å².